The summed E-state index contributed by atoms with van der Waals surface area (Å²) in [6.07, 6.45) is 0.937. The Hall–Kier alpha value is -3.91. The third-order valence-electron chi connectivity index (χ3n) is 5.26. The van der Waals surface area contributed by atoms with E-state index in [1.54, 1.807) is 18.2 Å². The second kappa shape index (κ2) is 8.91. The van der Waals surface area contributed by atoms with Gasteiger partial charge in [0.15, 0.2) is 22.2 Å². The molecule has 5 rings (SSSR count). The molecule has 0 unspecified atom stereocenters. The van der Waals surface area contributed by atoms with Crippen LogP contribution < -0.4 is 20.1 Å². The summed E-state index contributed by atoms with van der Waals surface area (Å²) in [5, 5.41) is 5.91. The molecule has 0 spiro atoms. The maximum atomic E-state index is 12.6. The number of rotatable bonds is 4. The van der Waals surface area contributed by atoms with E-state index in [-0.39, 0.29) is 11.0 Å². The molecule has 0 radical (unpaired) electrons. The summed E-state index contributed by atoms with van der Waals surface area (Å²) in [7, 11) is 0. The molecular formula is C25H21N3O4S. The van der Waals surface area contributed by atoms with Crippen LogP contribution in [0.3, 0.4) is 0 Å². The highest BCUT2D eigenvalue weighted by Crippen LogP contribution is 2.31. The van der Waals surface area contributed by atoms with Crippen molar-refractivity contribution in [2.45, 2.75) is 13.3 Å². The van der Waals surface area contributed by atoms with Crippen LogP contribution in [0.2, 0.25) is 0 Å². The molecule has 0 atom stereocenters. The normalized spacial score (nSPS) is 12.4. The number of oxazole rings is 1. The summed E-state index contributed by atoms with van der Waals surface area (Å²) >= 11 is 5.34. The zero-order chi connectivity index (χ0) is 22.8. The Bertz CT molecular complexity index is 1370. The molecule has 7 nitrogen and oxygen atoms in total. The van der Waals surface area contributed by atoms with Crippen molar-refractivity contribution in [1.82, 2.24) is 10.3 Å². The summed E-state index contributed by atoms with van der Waals surface area (Å²) < 4.78 is 16.9. The van der Waals surface area contributed by atoms with Gasteiger partial charge in [-0.15, -0.1) is 0 Å². The number of aromatic nitrogens is 1. The van der Waals surface area contributed by atoms with Crippen LogP contribution >= 0.6 is 12.2 Å². The van der Waals surface area contributed by atoms with Crippen LogP contribution in [0.15, 0.2) is 65.1 Å². The second-order valence-electron chi connectivity index (χ2n) is 7.52. The summed E-state index contributed by atoms with van der Waals surface area (Å²) in [6.45, 7) is 3.05. The number of thiocarbonyl (C=S) groups is 1. The minimum Gasteiger partial charge on any atom is -0.486 e. The molecule has 0 fully saturated rings. The highest BCUT2D eigenvalue weighted by molar-refractivity contribution is 7.80. The van der Waals surface area contributed by atoms with Crippen LogP contribution in [0, 0.1) is 0 Å². The molecule has 1 aliphatic heterocycles. The van der Waals surface area contributed by atoms with Gasteiger partial charge in [0.2, 0.25) is 5.89 Å². The Morgan fingerprint density at radius 2 is 1.88 bits per heavy atom. The van der Waals surface area contributed by atoms with Crippen LogP contribution in [0.5, 0.6) is 11.5 Å². The molecule has 2 N–H and O–H groups in total. The number of fused-ring (bicyclic) bond motifs is 2. The van der Waals surface area contributed by atoms with Gasteiger partial charge in [-0.3, -0.25) is 10.1 Å². The minimum absolute atomic E-state index is 0.178. The third-order valence-corrected chi connectivity index (χ3v) is 5.46. The van der Waals surface area contributed by atoms with Gasteiger partial charge in [0, 0.05) is 16.8 Å². The first-order valence-electron chi connectivity index (χ1n) is 10.6. The quantitative estimate of drug-likeness (QED) is 0.418. The number of carbonyl (C=O) groups is 1. The SMILES string of the molecule is CCc1ccc2oc(-c3cccc(NC(=S)NC(=O)c4ccc5c(c4)OCCO5)c3)nc2c1. The Balaban J connectivity index is 1.28. The van der Waals surface area contributed by atoms with E-state index in [1.807, 2.05) is 42.5 Å². The fourth-order valence-electron chi connectivity index (χ4n) is 3.57. The Labute approximate surface area is 195 Å². The van der Waals surface area contributed by atoms with Gasteiger partial charge in [-0.25, -0.2) is 4.98 Å². The van der Waals surface area contributed by atoms with Gasteiger partial charge < -0.3 is 19.2 Å². The van der Waals surface area contributed by atoms with Gasteiger partial charge in [0.25, 0.3) is 5.91 Å². The van der Waals surface area contributed by atoms with Gasteiger partial charge in [-0.05, 0) is 72.7 Å². The molecule has 2 heterocycles. The lowest BCUT2D eigenvalue weighted by Gasteiger charge is -2.18. The number of hydrogen-bond acceptors (Lipinski definition) is 6. The lowest BCUT2D eigenvalue weighted by molar-refractivity contribution is 0.0976. The molecule has 0 aliphatic carbocycles. The van der Waals surface area contributed by atoms with Gasteiger partial charge in [-0.1, -0.05) is 19.1 Å². The molecule has 0 bridgehead atoms. The molecular weight excluding hydrogens is 438 g/mol. The first-order chi connectivity index (χ1) is 16.1. The molecule has 1 aliphatic rings. The standard InChI is InChI=1S/C25H21N3O4S/c1-2-15-6-8-20-19(12-15)27-24(32-20)17-4-3-5-18(13-17)26-25(33)28-23(29)16-7-9-21-22(14-16)31-11-10-30-21/h3-9,12-14H,2,10-11H2,1H3,(H2,26,28,29,33). The van der Waals surface area contributed by atoms with E-state index < -0.39 is 0 Å². The fraction of sp³-hybridized carbons (Fsp3) is 0.160. The highest BCUT2D eigenvalue weighted by Gasteiger charge is 2.16. The van der Waals surface area contributed by atoms with Crippen molar-refractivity contribution in [1.29, 1.82) is 0 Å². The van der Waals surface area contributed by atoms with Crippen molar-refractivity contribution in [2.75, 3.05) is 18.5 Å². The molecule has 1 amide bonds. The monoisotopic (exact) mass is 459 g/mol. The third kappa shape index (κ3) is 4.51. The Kier molecular flexibility index (Phi) is 5.66. The van der Waals surface area contributed by atoms with Crippen molar-refractivity contribution in [3.8, 4) is 23.0 Å². The van der Waals surface area contributed by atoms with E-state index in [0.29, 0.717) is 41.9 Å². The number of nitrogens with one attached hydrogen (secondary N) is 2. The van der Waals surface area contributed by atoms with E-state index in [0.717, 1.165) is 23.1 Å². The fourth-order valence-corrected chi connectivity index (χ4v) is 3.78. The predicted octanol–water partition coefficient (Wildman–Crippen LogP) is 4.96. The number of carbonyl (C=O) groups excluding carboxylic acids is 1. The summed E-state index contributed by atoms with van der Waals surface area (Å²) in [6, 6.07) is 18.5. The molecule has 8 heteroatoms. The first kappa shape index (κ1) is 21.0. The zero-order valence-electron chi connectivity index (χ0n) is 17.9. The van der Waals surface area contributed by atoms with Gasteiger partial charge in [0.1, 0.15) is 18.7 Å². The lowest BCUT2D eigenvalue weighted by atomic mass is 10.1. The predicted molar refractivity (Wildman–Crippen MR) is 130 cm³/mol. The molecule has 4 aromatic rings. The van der Waals surface area contributed by atoms with Crippen molar-refractivity contribution < 1.29 is 18.7 Å². The van der Waals surface area contributed by atoms with Crippen molar-refractivity contribution in [3.63, 3.8) is 0 Å². The van der Waals surface area contributed by atoms with Crippen LogP contribution in [0.1, 0.15) is 22.8 Å². The number of amides is 1. The summed E-state index contributed by atoms with van der Waals surface area (Å²) in [4.78, 5) is 17.2. The zero-order valence-corrected chi connectivity index (χ0v) is 18.7. The second-order valence-corrected chi connectivity index (χ2v) is 7.93. The highest BCUT2D eigenvalue weighted by atomic mass is 32.1. The molecule has 3 aromatic carbocycles. The lowest BCUT2D eigenvalue weighted by Crippen LogP contribution is -2.34. The van der Waals surface area contributed by atoms with Crippen LogP contribution in [-0.4, -0.2) is 29.2 Å². The van der Waals surface area contributed by atoms with E-state index in [2.05, 4.69) is 22.5 Å². The Morgan fingerprint density at radius 1 is 1.03 bits per heavy atom. The van der Waals surface area contributed by atoms with Gasteiger partial charge >= 0.3 is 0 Å². The first-order valence-corrected chi connectivity index (χ1v) is 11.0. The maximum absolute atomic E-state index is 12.6. The van der Waals surface area contributed by atoms with E-state index >= 15 is 0 Å². The molecule has 166 valence electrons. The van der Waals surface area contributed by atoms with Crippen molar-refractivity contribution in [2.24, 2.45) is 0 Å². The van der Waals surface area contributed by atoms with Crippen LogP contribution in [0.25, 0.3) is 22.6 Å². The molecule has 1 aromatic heterocycles. The van der Waals surface area contributed by atoms with Crippen LogP contribution in [-0.2, 0) is 6.42 Å². The largest absolute Gasteiger partial charge is 0.486 e. The number of aryl methyl sites for hydroxylation is 1. The van der Waals surface area contributed by atoms with Gasteiger partial charge in [-0.2, -0.15) is 0 Å². The number of hydrogen-bond donors (Lipinski definition) is 2. The van der Waals surface area contributed by atoms with E-state index in [4.69, 9.17) is 26.1 Å². The summed E-state index contributed by atoms with van der Waals surface area (Å²) in [5.74, 6) is 1.35. The average molecular weight is 460 g/mol. The van der Waals surface area contributed by atoms with E-state index in [1.165, 1.54) is 5.56 Å². The molecule has 0 saturated carbocycles. The summed E-state index contributed by atoms with van der Waals surface area (Å²) in [5.41, 5.74) is 4.70. The van der Waals surface area contributed by atoms with Crippen LogP contribution in [0.4, 0.5) is 5.69 Å². The molecule has 0 saturated heterocycles. The van der Waals surface area contributed by atoms with E-state index in [9.17, 15) is 4.79 Å². The minimum atomic E-state index is -0.341. The number of nitrogens with zero attached hydrogens (tertiary/aromatic N) is 1. The van der Waals surface area contributed by atoms with Gasteiger partial charge in [0.05, 0.1) is 0 Å². The van der Waals surface area contributed by atoms with Crippen molar-refractivity contribution >= 4 is 40.0 Å². The smallest absolute Gasteiger partial charge is 0.257 e. The Morgan fingerprint density at radius 3 is 2.73 bits per heavy atom. The topological polar surface area (TPSA) is 85.6 Å². The maximum Gasteiger partial charge on any atom is 0.257 e. The number of anilines is 1. The van der Waals surface area contributed by atoms with Crippen molar-refractivity contribution in [3.05, 3.63) is 71.8 Å². The number of ether oxygens (including phenoxy) is 2. The average Bonchev–Trinajstić information content (AvgIpc) is 3.27. The number of benzene rings is 3. The molecule has 33 heavy (non-hydrogen) atoms.